The Morgan fingerprint density at radius 2 is 2.19 bits per heavy atom. The molecule has 1 aromatic rings. The smallest absolute Gasteiger partial charge is 0.241 e. The van der Waals surface area contributed by atoms with Gasteiger partial charge < -0.3 is 10.4 Å². The summed E-state index contributed by atoms with van der Waals surface area (Å²) in [5.74, 6) is 0.312. The van der Waals surface area contributed by atoms with Gasteiger partial charge in [0.15, 0.2) is 0 Å². The van der Waals surface area contributed by atoms with Gasteiger partial charge in [-0.1, -0.05) is 6.92 Å². The lowest BCUT2D eigenvalue weighted by Crippen LogP contribution is -2.47. The van der Waals surface area contributed by atoms with Gasteiger partial charge in [-0.3, -0.25) is 9.69 Å². The zero-order chi connectivity index (χ0) is 15.4. The zero-order valence-electron chi connectivity index (χ0n) is 12.4. The van der Waals surface area contributed by atoms with E-state index in [1.807, 2.05) is 13.0 Å². The molecule has 3 unspecified atom stereocenters. The number of carbonyl (C=O) groups excluding carboxylic acids is 1. The van der Waals surface area contributed by atoms with Crippen molar-refractivity contribution in [2.75, 3.05) is 18.5 Å². The first-order valence-electron chi connectivity index (χ1n) is 7.24. The number of hydrogen-bond donors (Lipinski definition) is 2. The maximum Gasteiger partial charge on any atom is 0.241 e. The number of nitriles is 1. The summed E-state index contributed by atoms with van der Waals surface area (Å²) in [5.41, 5.74) is 1.24. The molecule has 5 nitrogen and oxygen atoms in total. The summed E-state index contributed by atoms with van der Waals surface area (Å²) < 4.78 is 0. The van der Waals surface area contributed by atoms with Gasteiger partial charge in [-0.15, -0.1) is 0 Å². The van der Waals surface area contributed by atoms with Gasteiger partial charge >= 0.3 is 0 Å². The molecule has 3 atom stereocenters. The van der Waals surface area contributed by atoms with Gasteiger partial charge in [-0.05, 0) is 50.1 Å². The van der Waals surface area contributed by atoms with Crippen molar-refractivity contribution >= 4 is 11.6 Å². The van der Waals surface area contributed by atoms with Gasteiger partial charge in [0.2, 0.25) is 5.91 Å². The van der Waals surface area contributed by atoms with Crippen LogP contribution >= 0.6 is 0 Å². The van der Waals surface area contributed by atoms with Crippen LogP contribution in [0.1, 0.15) is 25.8 Å². The van der Waals surface area contributed by atoms with Crippen molar-refractivity contribution in [3.8, 4) is 6.07 Å². The first-order chi connectivity index (χ1) is 10.1. The molecule has 0 radical (unpaired) electrons. The minimum Gasteiger partial charge on any atom is -0.395 e. The summed E-state index contributed by atoms with van der Waals surface area (Å²) in [6, 6.07) is 8.60. The quantitative estimate of drug-likeness (QED) is 0.881. The lowest BCUT2D eigenvalue weighted by Gasteiger charge is -2.30. The Morgan fingerprint density at radius 1 is 1.52 bits per heavy atom. The van der Waals surface area contributed by atoms with E-state index in [0.29, 0.717) is 17.2 Å². The van der Waals surface area contributed by atoms with Crippen molar-refractivity contribution < 1.29 is 9.90 Å². The number of aliphatic hydroxyl groups excluding tert-OH is 1. The lowest BCUT2D eigenvalue weighted by molar-refractivity contribution is -0.121. The van der Waals surface area contributed by atoms with E-state index >= 15 is 0 Å². The number of anilines is 1. The van der Waals surface area contributed by atoms with Crippen LogP contribution in [0, 0.1) is 17.2 Å². The second-order valence-corrected chi connectivity index (χ2v) is 5.61. The van der Waals surface area contributed by atoms with Crippen molar-refractivity contribution in [3.05, 3.63) is 29.8 Å². The zero-order valence-corrected chi connectivity index (χ0v) is 12.4. The molecule has 1 heterocycles. The number of nitrogens with zero attached hydrogens (tertiary/aromatic N) is 2. The molecular weight excluding hydrogens is 266 g/mol. The number of amides is 1. The molecule has 1 amide bonds. The Labute approximate surface area is 125 Å². The van der Waals surface area contributed by atoms with E-state index in [0.717, 1.165) is 13.0 Å². The molecule has 21 heavy (non-hydrogen) atoms. The Balaban J connectivity index is 2.00. The number of likely N-dealkylation sites (tertiary alicyclic amines) is 1. The normalized spacial score (nSPS) is 23.5. The predicted molar refractivity (Wildman–Crippen MR) is 80.6 cm³/mol. The molecule has 1 aromatic carbocycles. The molecule has 5 heteroatoms. The first kappa shape index (κ1) is 15.5. The second kappa shape index (κ2) is 6.70. The molecule has 0 aliphatic carbocycles. The number of benzene rings is 1. The van der Waals surface area contributed by atoms with Crippen LogP contribution < -0.4 is 5.32 Å². The van der Waals surface area contributed by atoms with Crippen molar-refractivity contribution in [2.45, 2.75) is 32.4 Å². The summed E-state index contributed by atoms with van der Waals surface area (Å²) in [6.45, 7) is 4.87. The lowest BCUT2D eigenvalue weighted by atomic mass is 10.0. The molecule has 0 bridgehead atoms. The Kier molecular flexibility index (Phi) is 4.94. The van der Waals surface area contributed by atoms with Gasteiger partial charge in [-0.2, -0.15) is 5.26 Å². The predicted octanol–water partition coefficient (Wildman–Crippen LogP) is 1.59. The highest BCUT2D eigenvalue weighted by molar-refractivity contribution is 5.94. The van der Waals surface area contributed by atoms with Crippen LogP contribution in [-0.4, -0.2) is 41.1 Å². The van der Waals surface area contributed by atoms with Crippen LogP contribution in [0.2, 0.25) is 0 Å². The fourth-order valence-electron chi connectivity index (χ4n) is 2.83. The van der Waals surface area contributed by atoms with Crippen LogP contribution in [-0.2, 0) is 4.79 Å². The number of rotatable bonds is 4. The Bertz CT molecular complexity index is 535. The molecule has 112 valence electrons. The highest BCUT2D eigenvalue weighted by Crippen LogP contribution is 2.26. The molecule has 1 saturated heterocycles. The number of hydrogen-bond acceptors (Lipinski definition) is 4. The van der Waals surface area contributed by atoms with Gasteiger partial charge in [0.05, 0.1) is 24.3 Å². The molecule has 1 aliphatic rings. The summed E-state index contributed by atoms with van der Waals surface area (Å²) >= 11 is 0. The molecule has 0 aromatic heterocycles. The van der Waals surface area contributed by atoms with E-state index in [9.17, 15) is 9.90 Å². The molecule has 2 N–H and O–H groups in total. The van der Waals surface area contributed by atoms with Crippen LogP contribution in [0.3, 0.4) is 0 Å². The summed E-state index contributed by atoms with van der Waals surface area (Å²) in [6.07, 6.45) is 1.000. The average molecular weight is 287 g/mol. The monoisotopic (exact) mass is 287 g/mol. The third-order valence-electron chi connectivity index (χ3n) is 4.27. The van der Waals surface area contributed by atoms with Crippen LogP contribution in [0.25, 0.3) is 0 Å². The third kappa shape index (κ3) is 3.41. The summed E-state index contributed by atoms with van der Waals surface area (Å²) in [7, 11) is 0. The van der Waals surface area contributed by atoms with Gasteiger partial charge in [0.1, 0.15) is 0 Å². The minimum atomic E-state index is -0.289. The molecule has 0 saturated carbocycles. The SMILES string of the molecule is CC1CCN(C(C)C(=O)Nc2ccc(C#N)cc2)C1CO. The standard InChI is InChI=1S/C16H21N3O2/c1-11-7-8-19(15(11)10-20)12(2)16(21)18-14-5-3-13(9-17)4-6-14/h3-6,11-12,15,20H,7-8,10H2,1-2H3,(H,18,21). The van der Waals surface area contributed by atoms with E-state index in [1.165, 1.54) is 0 Å². The Morgan fingerprint density at radius 3 is 2.76 bits per heavy atom. The second-order valence-electron chi connectivity index (χ2n) is 5.61. The molecule has 2 rings (SSSR count). The summed E-state index contributed by atoms with van der Waals surface area (Å²) in [4.78, 5) is 14.4. The Hall–Kier alpha value is -1.90. The third-order valence-corrected chi connectivity index (χ3v) is 4.27. The van der Waals surface area contributed by atoms with Gasteiger partial charge in [0, 0.05) is 11.7 Å². The number of carbonyl (C=O) groups is 1. The summed E-state index contributed by atoms with van der Waals surface area (Å²) in [5, 5.41) is 21.1. The minimum absolute atomic E-state index is 0.0479. The van der Waals surface area contributed by atoms with Gasteiger partial charge in [0.25, 0.3) is 0 Å². The van der Waals surface area contributed by atoms with E-state index < -0.39 is 0 Å². The fraction of sp³-hybridized carbons (Fsp3) is 0.500. The highest BCUT2D eigenvalue weighted by atomic mass is 16.3. The first-order valence-corrected chi connectivity index (χ1v) is 7.24. The van der Waals surface area contributed by atoms with Crippen LogP contribution in [0.15, 0.2) is 24.3 Å². The topological polar surface area (TPSA) is 76.4 Å². The van der Waals surface area contributed by atoms with Crippen molar-refractivity contribution in [1.29, 1.82) is 5.26 Å². The largest absolute Gasteiger partial charge is 0.395 e. The van der Waals surface area contributed by atoms with Crippen LogP contribution in [0.4, 0.5) is 5.69 Å². The number of aliphatic hydroxyl groups is 1. The molecule has 1 aliphatic heterocycles. The van der Waals surface area contributed by atoms with Crippen molar-refractivity contribution in [2.24, 2.45) is 5.92 Å². The maximum absolute atomic E-state index is 12.3. The van der Waals surface area contributed by atoms with Crippen molar-refractivity contribution in [1.82, 2.24) is 4.90 Å². The maximum atomic E-state index is 12.3. The van der Waals surface area contributed by atoms with E-state index in [-0.39, 0.29) is 24.6 Å². The fourth-order valence-corrected chi connectivity index (χ4v) is 2.83. The van der Waals surface area contributed by atoms with Crippen molar-refractivity contribution in [3.63, 3.8) is 0 Å². The molecule has 1 fully saturated rings. The van der Waals surface area contributed by atoms with E-state index in [2.05, 4.69) is 17.1 Å². The number of nitrogens with one attached hydrogen (secondary N) is 1. The van der Waals surface area contributed by atoms with Crippen LogP contribution in [0.5, 0.6) is 0 Å². The average Bonchev–Trinajstić information content (AvgIpc) is 2.88. The van der Waals surface area contributed by atoms with E-state index in [4.69, 9.17) is 5.26 Å². The molecular formula is C16H21N3O2. The molecule has 0 spiro atoms. The highest BCUT2D eigenvalue weighted by Gasteiger charge is 2.36. The van der Waals surface area contributed by atoms with E-state index in [1.54, 1.807) is 24.3 Å². The van der Waals surface area contributed by atoms with Gasteiger partial charge in [-0.25, -0.2) is 0 Å².